The molecule has 0 saturated carbocycles. The van der Waals surface area contributed by atoms with Gasteiger partial charge in [-0.25, -0.2) is 15.4 Å². The van der Waals surface area contributed by atoms with Gasteiger partial charge in [0.2, 0.25) is 5.95 Å². The van der Waals surface area contributed by atoms with Crippen molar-refractivity contribution in [3.63, 3.8) is 0 Å². The molecule has 2 aromatic heterocycles. The molecule has 0 spiro atoms. The van der Waals surface area contributed by atoms with Crippen LogP contribution in [0.3, 0.4) is 0 Å². The Bertz CT molecular complexity index is 1080. The summed E-state index contributed by atoms with van der Waals surface area (Å²) in [6.07, 6.45) is 5.12. The van der Waals surface area contributed by atoms with Crippen molar-refractivity contribution in [2.24, 2.45) is 5.10 Å². The first kappa shape index (κ1) is 17.8. The van der Waals surface area contributed by atoms with E-state index in [2.05, 4.69) is 25.5 Å². The van der Waals surface area contributed by atoms with Crippen LogP contribution in [0.25, 0.3) is 22.5 Å². The van der Waals surface area contributed by atoms with Gasteiger partial charge in [0, 0.05) is 34.1 Å². The maximum Gasteiger partial charge on any atom is 0.244 e. The fourth-order valence-electron chi connectivity index (χ4n) is 2.64. The normalized spacial score (nSPS) is 10.9. The van der Waals surface area contributed by atoms with Gasteiger partial charge in [0.05, 0.1) is 17.6 Å². The minimum atomic E-state index is 0.409. The first-order valence-corrected chi connectivity index (χ1v) is 9.05. The van der Waals surface area contributed by atoms with E-state index >= 15 is 0 Å². The van der Waals surface area contributed by atoms with Crippen LogP contribution in [0.4, 0.5) is 5.95 Å². The highest BCUT2D eigenvalue weighted by Gasteiger charge is 2.08. The molecule has 4 rings (SSSR count). The second-order valence-corrected chi connectivity index (χ2v) is 6.43. The number of nitrogens with one attached hydrogen (secondary N) is 1. The molecule has 0 aliphatic carbocycles. The van der Waals surface area contributed by atoms with E-state index in [1.807, 2.05) is 72.8 Å². The summed E-state index contributed by atoms with van der Waals surface area (Å²) < 4.78 is 0. The first-order valence-electron chi connectivity index (χ1n) is 8.67. The largest absolute Gasteiger partial charge is 0.264 e. The number of nitrogens with zero attached hydrogens (tertiary/aromatic N) is 4. The van der Waals surface area contributed by atoms with Crippen molar-refractivity contribution in [2.75, 3.05) is 5.43 Å². The third kappa shape index (κ3) is 4.39. The monoisotopic (exact) mass is 385 g/mol. The van der Waals surface area contributed by atoms with E-state index in [0.717, 1.165) is 28.1 Å². The topological polar surface area (TPSA) is 63.1 Å². The predicted octanol–water partition coefficient (Wildman–Crippen LogP) is 5.31. The summed E-state index contributed by atoms with van der Waals surface area (Å²) in [5, 5.41) is 4.92. The van der Waals surface area contributed by atoms with Crippen molar-refractivity contribution in [1.29, 1.82) is 0 Å². The number of anilines is 1. The van der Waals surface area contributed by atoms with Crippen molar-refractivity contribution >= 4 is 23.8 Å². The Hall–Kier alpha value is -3.57. The summed E-state index contributed by atoms with van der Waals surface area (Å²) in [6.45, 7) is 0. The van der Waals surface area contributed by atoms with E-state index in [-0.39, 0.29) is 0 Å². The van der Waals surface area contributed by atoms with Crippen molar-refractivity contribution in [3.05, 3.63) is 95.8 Å². The number of benzene rings is 2. The van der Waals surface area contributed by atoms with Crippen LogP contribution in [-0.4, -0.2) is 21.2 Å². The van der Waals surface area contributed by atoms with Crippen molar-refractivity contribution < 1.29 is 0 Å². The second-order valence-electron chi connectivity index (χ2n) is 5.99. The zero-order chi connectivity index (χ0) is 19.2. The number of halogens is 1. The molecule has 0 bridgehead atoms. The van der Waals surface area contributed by atoms with E-state index in [9.17, 15) is 0 Å². The summed E-state index contributed by atoms with van der Waals surface area (Å²) in [5.41, 5.74) is 7.33. The third-order valence-corrected chi connectivity index (χ3v) is 4.25. The molecule has 0 aliphatic rings. The zero-order valence-electron chi connectivity index (χ0n) is 14.8. The Morgan fingerprint density at radius 1 is 0.821 bits per heavy atom. The number of hydrogen-bond donors (Lipinski definition) is 1. The molecule has 2 aromatic carbocycles. The van der Waals surface area contributed by atoms with Crippen LogP contribution in [0.1, 0.15) is 5.56 Å². The summed E-state index contributed by atoms with van der Waals surface area (Å²) in [4.78, 5) is 13.3. The van der Waals surface area contributed by atoms with Gasteiger partial charge in [-0.3, -0.25) is 4.98 Å². The zero-order valence-corrected chi connectivity index (χ0v) is 15.6. The number of aromatic nitrogens is 3. The summed E-state index contributed by atoms with van der Waals surface area (Å²) in [6, 6.07) is 23.2. The number of hydrazone groups is 1. The summed E-state index contributed by atoms with van der Waals surface area (Å²) >= 11 is 6.01. The van der Waals surface area contributed by atoms with Crippen LogP contribution in [-0.2, 0) is 0 Å². The van der Waals surface area contributed by atoms with Gasteiger partial charge in [-0.1, -0.05) is 60.1 Å². The molecule has 6 heteroatoms. The number of pyridine rings is 1. The number of hydrogen-bond acceptors (Lipinski definition) is 5. The van der Waals surface area contributed by atoms with Crippen LogP contribution >= 0.6 is 11.6 Å². The fraction of sp³-hybridized carbons (Fsp3) is 0. The standard InChI is InChI=1S/C22H16ClN5/c23-19-10-8-18(9-11-19)21-13-20(17-6-2-1-3-7-17)26-22(27-21)28-25-15-16-5-4-12-24-14-16/h1-15H,(H,26,27,28)/b25-15+. The van der Waals surface area contributed by atoms with Crippen LogP contribution in [0.2, 0.25) is 5.02 Å². The van der Waals surface area contributed by atoms with Gasteiger partial charge in [0.1, 0.15) is 0 Å². The molecule has 28 heavy (non-hydrogen) atoms. The molecule has 0 atom stereocenters. The Morgan fingerprint density at radius 3 is 2.21 bits per heavy atom. The molecule has 0 radical (unpaired) electrons. The lowest BCUT2D eigenvalue weighted by Gasteiger charge is -2.08. The second kappa shape index (κ2) is 8.41. The van der Waals surface area contributed by atoms with Crippen LogP contribution in [0, 0.1) is 0 Å². The van der Waals surface area contributed by atoms with Gasteiger partial charge in [-0.2, -0.15) is 5.10 Å². The summed E-state index contributed by atoms with van der Waals surface area (Å²) in [5.74, 6) is 0.409. The van der Waals surface area contributed by atoms with Crippen molar-refractivity contribution in [3.8, 4) is 22.5 Å². The highest BCUT2D eigenvalue weighted by Crippen LogP contribution is 2.26. The number of rotatable bonds is 5. The van der Waals surface area contributed by atoms with E-state index in [4.69, 9.17) is 11.6 Å². The molecule has 0 fully saturated rings. The van der Waals surface area contributed by atoms with E-state index < -0.39 is 0 Å². The Morgan fingerprint density at radius 2 is 1.54 bits per heavy atom. The summed E-state index contributed by atoms with van der Waals surface area (Å²) in [7, 11) is 0. The van der Waals surface area contributed by atoms with Gasteiger partial charge in [0.25, 0.3) is 0 Å². The maximum atomic E-state index is 6.01. The van der Waals surface area contributed by atoms with Crippen LogP contribution < -0.4 is 5.43 Å². The molecule has 2 heterocycles. The van der Waals surface area contributed by atoms with Crippen molar-refractivity contribution in [2.45, 2.75) is 0 Å². The van der Waals surface area contributed by atoms with Gasteiger partial charge in [-0.15, -0.1) is 0 Å². The molecule has 0 aliphatic heterocycles. The van der Waals surface area contributed by atoms with Gasteiger partial charge in [-0.05, 0) is 24.3 Å². The highest BCUT2D eigenvalue weighted by atomic mass is 35.5. The Labute approximate surface area is 167 Å². The average molecular weight is 386 g/mol. The quantitative estimate of drug-likeness (QED) is 0.373. The minimum Gasteiger partial charge on any atom is -0.264 e. The van der Waals surface area contributed by atoms with E-state index in [1.54, 1.807) is 18.6 Å². The van der Waals surface area contributed by atoms with Gasteiger partial charge >= 0.3 is 0 Å². The lowest BCUT2D eigenvalue weighted by atomic mass is 10.1. The van der Waals surface area contributed by atoms with Crippen LogP contribution in [0.15, 0.2) is 90.3 Å². The lowest BCUT2D eigenvalue weighted by Crippen LogP contribution is -2.00. The molecule has 0 saturated heterocycles. The van der Waals surface area contributed by atoms with E-state index in [0.29, 0.717) is 11.0 Å². The molecule has 136 valence electrons. The lowest BCUT2D eigenvalue weighted by molar-refractivity contribution is 1.12. The fourth-order valence-corrected chi connectivity index (χ4v) is 2.77. The average Bonchev–Trinajstić information content (AvgIpc) is 2.75. The maximum absolute atomic E-state index is 6.01. The van der Waals surface area contributed by atoms with E-state index in [1.165, 1.54) is 0 Å². The Balaban J connectivity index is 1.69. The van der Waals surface area contributed by atoms with Crippen molar-refractivity contribution in [1.82, 2.24) is 15.0 Å². The highest BCUT2D eigenvalue weighted by molar-refractivity contribution is 6.30. The third-order valence-electron chi connectivity index (χ3n) is 4.00. The molecular weight excluding hydrogens is 370 g/mol. The van der Waals surface area contributed by atoms with Crippen LogP contribution in [0.5, 0.6) is 0 Å². The molecular formula is C22H16ClN5. The molecule has 0 unspecified atom stereocenters. The molecule has 4 aromatic rings. The smallest absolute Gasteiger partial charge is 0.244 e. The minimum absolute atomic E-state index is 0.409. The molecule has 0 amide bonds. The Kier molecular flexibility index (Phi) is 5.36. The first-order chi connectivity index (χ1) is 13.8. The van der Waals surface area contributed by atoms with Gasteiger partial charge < -0.3 is 0 Å². The SMILES string of the molecule is Clc1ccc(-c2cc(-c3ccccc3)nc(N/N=C/c3cccnc3)n2)cc1. The molecule has 1 N–H and O–H groups in total. The van der Waals surface area contributed by atoms with Gasteiger partial charge in [0.15, 0.2) is 0 Å². The predicted molar refractivity (Wildman–Crippen MR) is 113 cm³/mol. The molecule has 5 nitrogen and oxygen atoms in total.